The summed E-state index contributed by atoms with van der Waals surface area (Å²) in [6.45, 7) is 3.43. The molecule has 0 aliphatic rings. The molecule has 2 heterocycles. The average Bonchev–Trinajstić information content (AvgIpc) is 3.07. The maximum absolute atomic E-state index is 13.0. The standard InChI is InChI=1S/C20H20N4O/c1-2-3-13-23-17-12-8-7-11-16(17)19-18(20(23)25)21-22-24(19)14-15-9-5-4-6-10-15/h4-12H,2-3,13-14H2,1H3. The summed E-state index contributed by atoms with van der Waals surface area (Å²) < 4.78 is 3.67. The largest absolute Gasteiger partial charge is 0.306 e. The molecule has 5 nitrogen and oxygen atoms in total. The first-order chi connectivity index (χ1) is 12.3. The van der Waals surface area contributed by atoms with Crippen LogP contribution < -0.4 is 5.56 Å². The maximum Gasteiger partial charge on any atom is 0.281 e. The molecule has 126 valence electrons. The van der Waals surface area contributed by atoms with E-state index in [9.17, 15) is 4.79 Å². The van der Waals surface area contributed by atoms with Gasteiger partial charge in [-0.25, -0.2) is 4.68 Å². The number of nitrogens with zero attached hydrogens (tertiary/aromatic N) is 4. The zero-order valence-corrected chi connectivity index (χ0v) is 14.2. The van der Waals surface area contributed by atoms with E-state index in [-0.39, 0.29) is 5.56 Å². The highest BCUT2D eigenvalue weighted by Crippen LogP contribution is 2.22. The third-order valence-electron chi connectivity index (χ3n) is 4.54. The zero-order chi connectivity index (χ0) is 17.2. The molecule has 2 aromatic carbocycles. The Hall–Kier alpha value is -2.95. The number of hydrogen-bond donors (Lipinski definition) is 0. The summed E-state index contributed by atoms with van der Waals surface area (Å²) in [4.78, 5) is 13.0. The summed E-state index contributed by atoms with van der Waals surface area (Å²) in [5.41, 5.74) is 3.29. The second-order valence-corrected chi connectivity index (χ2v) is 6.26. The van der Waals surface area contributed by atoms with Crippen molar-refractivity contribution in [3.8, 4) is 0 Å². The van der Waals surface area contributed by atoms with Gasteiger partial charge in [0.15, 0.2) is 5.52 Å². The molecule has 4 rings (SSSR count). The van der Waals surface area contributed by atoms with Crippen molar-refractivity contribution in [2.45, 2.75) is 32.9 Å². The second kappa shape index (κ2) is 6.51. The van der Waals surface area contributed by atoms with Gasteiger partial charge in [-0.3, -0.25) is 4.79 Å². The summed E-state index contributed by atoms with van der Waals surface area (Å²) >= 11 is 0. The highest BCUT2D eigenvalue weighted by atomic mass is 16.1. The fourth-order valence-corrected chi connectivity index (χ4v) is 3.28. The minimum Gasteiger partial charge on any atom is -0.306 e. The number of benzene rings is 2. The fraction of sp³-hybridized carbons (Fsp3) is 0.250. The first-order valence-corrected chi connectivity index (χ1v) is 8.68. The fourth-order valence-electron chi connectivity index (χ4n) is 3.28. The van der Waals surface area contributed by atoms with Crippen LogP contribution in [0.25, 0.3) is 21.9 Å². The van der Waals surface area contributed by atoms with E-state index < -0.39 is 0 Å². The monoisotopic (exact) mass is 332 g/mol. The van der Waals surface area contributed by atoms with Crippen molar-refractivity contribution < 1.29 is 0 Å². The normalized spacial score (nSPS) is 11.4. The Bertz CT molecular complexity index is 1080. The van der Waals surface area contributed by atoms with E-state index in [2.05, 4.69) is 29.4 Å². The Balaban J connectivity index is 1.96. The molecule has 0 spiro atoms. The van der Waals surface area contributed by atoms with Crippen molar-refractivity contribution in [2.24, 2.45) is 0 Å². The van der Waals surface area contributed by atoms with Gasteiger partial charge < -0.3 is 4.57 Å². The lowest BCUT2D eigenvalue weighted by Crippen LogP contribution is -2.21. The molecule has 4 aromatic rings. The van der Waals surface area contributed by atoms with Gasteiger partial charge in [-0.15, -0.1) is 5.10 Å². The summed E-state index contributed by atoms with van der Waals surface area (Å²) in [6.07, 6.45) is 2.01. The van der Waals surface area contributed by atoms with Gasteiger partial charge >= 0.3 is 0 Å². The van der Waals surface area contributed by atoms with Crippen LogP contribution in [0.5, 0.6) is 0 Å². The Kier molecular flexibility index (Phi) is 4.06. The maximum atomic E-state index is 13.0. The molecule has 0 saturated carbocycles. The van der Waals surface area contributed by atoms with Crippen LogP contribution in [-0.4, -0.2) is 19.6 Å². The molecule has 0 bridgehead atoms. The predicted molar refractivity (Wildman–Crippen MR) is 99.7 cm³/mol. The molecule has 0 atom stereocenters. The summed E-state index contributed by atoms with van der Waals surface area (Å²) in [5.74, 6) is 0. The highest BCUT2D eigenvalue weighted by molar-refractivity contribution is 6.01. The number of aryl methyl sites for hydroxylation is 1. The quantitative estimate of drug-likeness (QED) is 0.561. The minimum absolute atomic E-state index is 0.0542. The van der Waals surface area contributed by atoms with Crippen molar-refractivity contribution in [3.05, 3.63) is 70.5 Å². The van der Waals surface area contributed by atoms with Gasteiger partial charge in [0.2, 0.25) is 0 Å². The Morgan fingerprint density at radius 2 is 1.76 bits per heavy atom. The molecule has 0 aliphatic heterocycles. The van der Waals surface area contributed by atoms with Gasteiger partial charge in [0.1, 0.15) is 5.52 Å². The van der Waals surface area contributed by atoms with Crippen LogP contribution in [0.4, 0.5) is 0 Å². The lowest BCUT2D eigenvalue weighted by atomic mass is 10.1. The van der Waals surface area contributed by atoms with E-state index in [0.717, 1.165) is 34.8 Å². The average molecular weight is 332 g/mol. The smallest absolute Gasteiger partial charge is 0.281 e. The van der Waals surface area contributed by atoms with E-state index in [1.165, 1.54) is 0 Å². The van der Waals surface area contributed by atoms with E-state index in [0.29, 0.717) is 18.6 Å². The van der Waals surface area contributed by atoms with Gasteiger partial charge in [0.25, 0.3) is 5.56 Å². The first-order valence-electron chi connectivity index (χ1n) is 8.68. The molecule has 0 amide bonds. The number of rotatable bonds is 5. The molecule has 0 fully saturated rings. The van der Waals surface area contributed by atoms with Crippen LogP contribution in [0, 0.1) is 0 Å². The van der Waals surface area contributed by atoms with Gasteiger partial charge in [-0.1, -0.05) is 67.1 Å². The molecule has 25 heavy (non-hydrogen) atoms. The summed E-state index contributed by atoms with van der Waals surface area (Å²) in [7, 11) is 0. The number of fused-ring (bicyclic) bond motifs is 3. The molecule has 0 unspecified atom stereocenters. The van der Waals surface area contributed by atoms with Gasteiger partial charge in [0.05, 0.1) is 12.1 Å². The first kappa shape index (κ1) is 15.6. The van der Waals surface area contributed by atoms with Crippen LogP contribution in [0.2, 0.25) is 0 Å². The molecule has 0 saturated heterocycles. The molecule has 0 aliphatic carbocycles. The number of pyridine rings is 1. The summed E-state index contributed by atoms with van der Waals surface area (Å²) in [6, 6.07) is 18.1. The molecule has 0 N–H and O–H groups in total. The summed E-state index contributed by atoms with van der Waals surface area (Å²) in [5, 5.41) is 9.51. The van der Waals surface area contributed by atoms with E-state index in [4.69, 9.17) is 0 Å². The number of para-hydroxylation sites is 1. The van der Waals surface area contributed by atoms with E-state index in [1.807, 2.05) is 51.7 Å². The van der Waals surface area contributed by atoms with Gasteiger partial charge in [-0.2, -0.15) is 0 Å². The molecular formula is C20H20N4O. The number of aromatic nitrogens is 4. The third kappa shape index (κ3) is 2.71. The van der Waals surface area contributed by atoms with Crippen molar-refractivity contribution in [3.63, 3.8) is 0 Å². The van der Waals surface area contributed by atoms with Crippen molar-refractivity contribution >= 4 is 21.9 Å². The van der Waals surface area contributed by atoms with Crippen LogP contribution in [0.3, 0.4) is 0 Å². The van der Waals surface area contributed by atoms with E-state index in [1.54, 1.807) is 0 Å². The van der Waals surface area contributed by atoms with Crippen molar-refractivity contribution in [1.82, 2.24) is 19.6 Å². The lowest BCUT2D eigenvalue weighted by molar-refractivity contribution is 0.634. The van der Waals surface area contributed by atoms with Crippen LogP contribution in [0.15, 0.2) is 59.4 Å². The highest BCUT2D eigenvalue weighted by Gasteiger charge is 2.16. The Morgan fingerprint density at radius 1 is 1.00 bits per heavy atom. The topological polar surface area (TPSA) is 52.7 Å². The predicted octanol–water partition coefficient (Wildman–Crippen LogP) is 3.59. The Labute approximate surface area is 145 Å². The SMILES string of the molecule is CCCCn1c(=O)c2nnn(Cc3ccccc3)c2c2ccccc21. The lowest BCUT2D eigenvalue weighted by Gasteiger charge is -2.11. The van der Waals surface area contributed by atoms with E-state index >= 15 is 0 Å². The number of hydrogen-bond acceptors (Lipinski definition) is 3. The molecular weight excluding hydrogens is 312 g/mol. The minimum atomic E-state index is -0.0542. The molecule has 2 aromatic heterocycles. The molecule has 5 heteroatoms. The molecule has 0 radical (unpaired) electrons. The Morgan fingerprint density at radius 3 is 2.56 bits per heavy atom. The third-order valence-corrected chi connectivity index (χ3v) is 4.54. The zero-order valence-electron chi connectivity index (χ0n) is 14.2. The number of unbranched alkanes of at least 4 members (excludes halogenated alkanes) is 1. The second-order valence-electron chi connectivity index (χ2n) is 6.26. The van der Waals surface area contributed by atoms with Crippen molar-refractivity contribution in [2.75, 3.05) is 0 Å². The van der Waals surface area contributed by atoms with Crippen molar-refractivity contribution in [1.29, 1.82) is 0 Å². The van der Waals surface area contributed by atoms with Crippen LogP contribution in [0.1, 0.15) is 25.3 Å². The van der Waals surface area contributed by atoms with Crippen LogP contribution in [-0.2, 0) is 13.1 Å². The van der Waals surface area contributed by atoms with Crippen LogP contribution >= 0.6 is 0 Å². The van der Waals surface area contributed by atoms with Gasteiger partial charge in [0, 0.05) is 11.9 Å². The van der Waals surface area contributed by atoms with Gasteiger partial charge in [-0.05, 0) is 18.1 Å².